The summed E-state index contributed by atoms with van der Waals surface area (Å²) >= 11 is 0. The third-order valence-corrected chi connectivity index (χ3v) is 7.07. The van der Waals surface area contributed by atoms with Gasteiger partial charge < -0.3 is 14.5 Å². The highest BCUT2D eigenvalue weighted by Gasteiger charge is 2.67. The van der Waals surface area contributed by atoms with E-state index < -0.39 is 17.4 Å². The van der Waals surface area contributed by atoms with Crippen LogP contribution in [0.5, 0.6) is 0 Å². The lowest BCUT2D eigenvalue weighted by atomic mass is 9.76. The van der Waals surface area contributed by atoms with Gasteiger partial charge in [0.25, 0.3) is 0 Å². The number of hydrogen-bond acceptors (Lipinski definition) is 5. The Hall–Kier alpha value is -2.28. The molecule has 154 valence electrons. The molecule has 0 N–H and O–H groups in total. The van der Waals surface area contributed by atoms with E-state index in [-0.39, 0.29) is 24.0 Å². The van der Waals surface area contributed by atoms with Crippen LogP contribution in [-0.2, 0) is 20.9 Å². The number of carbonyl (C=O) groups excluding carboxylic acids is 2. The first-order valence-corrected chi connectivity index (χ1v) is 10.8. The van der Waals surface area contributed by atoms with E-state index in [1.165, 1.54) is 25.7 Å². The molecule has 1 aromatic rings. The fourth-order valence-corrected chi connectivity index (χ4v) is 5.68. The van der Waals surface area contributed by atoms with E-state index in [2.05, 4.69) is 9.97 Å². The summed E-state index contributed by atoms with van der Waals surface area (Å²) in [5, 5.41) is 0. The van der Waals surface area contributed by atoms with E-state index in [9.17, 15) is 9.59 Å². The number of aromatic nitrogens is 2. The maximum Gasteiger partial charge on any atom is 0.230 e. The van der Waals surface area contributed by atoms with Crippen molar-refractivity contribution in [3.05, 3.63) is 36.4 Å². The van der Waals surface area contributed by atoms with E-state index >= 15 is 0 Å². The molecule has 0 aromatic carbocycles. The first-order chi connectivity index (χ1) is 14.1. The minimum Gasteiger partial charge on any atom is -0.360 e. The van der Waals surface area contributed by atoms with Gasteiger partial charge in [-0.2, -0.15) is 0 Å². The molecule has 4 heterocycles. The van der Waals surface area contributed by atoms with Crippen LogP contribution in [0.4, 0.5) is 0 Å². The van der Waals surface area contributed by atoms with Crippen LogP contribution in [0.15, 0.2) is 30.7 Å². The fourth-order valence-electron chi connectivity index (χ4n) is 5.68. The minimum absolute atomic E-state index is 0.0482. The Labute approximate surface area is 171 Å². The second-order valence-corrected chi connectivity index (χ2v) is 8.90. The summed E-state index contributed by atoms with van der Waals surface area (Å²) in [6.45, 7) is 0.964. The SMILES string of the molecule is CN(Cc1cnccn1)C(=O)[C@@H]1[C@@H]2C=C[C@@]3(CN(C4CCCCCC4)C(=O)[C@H]13)O2. The first-order valence-electron chi connectivity index (χ1n) is 10.8. The molecule has 2 saturated heterocycles. The van der Waals surface area contributed by atoms with Crippen molar-refractivity contribution in [2.75, 3.05) is 13.6 Å². The average Bonchev–Trinajstić information content (AvgIpc) is 3.28. The Morgan fingerprint density at radius 1 is 1.28 bits per heavy atom. The van der Waals surface area contributed by atoms with Gasteiger partial charge in [0.1, 0.15) is 5.60 Å². The van der Waals surface area contributed by atoms with Gasteiger partial charge in [-0.3, -0.25) is 19.6 Å². The van der Waals surface area contributed by atoms with Crippen molar-refractivity contribution in [1.29, 1.82) is 0 Å². The Morgan fingerprint density at radius 3 is 2.79 bits per heavy atom. The van der Waals surface area contributed by atoms with Gasteiger partial charge in [-0.15, -0.1) is 0 Å². The van der Waals surface area contributed by atoms with Crippen LogP contribution in [0.25, 0.3) is 0 Å². The molecule has 0 radical (unpaired) electrons. The Balaban J connectivity index is 1.36. The summed E-state index contributed by atoms with van der Waals surface area (Å²) in [4.78, 5) is 38.9. The van der Waals surface area contributed by atoms with Gasteiger partial charge in [-0.25, -0.2) is 0 Å². The average molecular weight is 396 g/mol. The van der Waals surface area contributed by atoms with Gasteiger partial charge in [-0.1, -0.05) is 37.8 Å². The van der Waals surface area contributed by atoms with E-state index in [1.807, 2.05) is 17.1 Å². The lowest BCUT2D eigenvalue weighted by Gasteiger charge is -2.30. The molecule has 3 aliphatic heterocycles. The van der Waals surface area contributed by atoms with Gasteiger partial charge in [0, 0.05) is 25.5 Å². The zero-order valence-electron chi connectivity index (χ0n) is 16.9. The molecule has 2 bridgehead atoms. The first kappa shape index (κ1) is 18.7. The van der Waals surface area contributed by atoms with Crippen LogP contribution in [0.3, 0.4) is 0 Å². The predicted octanol–water partition coefficient (Wildman–Crippen LogP) is 1.94. The summed E-state index contributed by atoms with van der Waals surface area (Å²) in [5.41, 5.74) is 0.109. The zero-order valence-corrected chi connectivity index (χ0v) is 16.9. The fraction of sp³-hybridized carbons (Fsp3) is 0.636. The quantitative estimate of drug-likeness (QED) is 0.574. The van der Waals surface area contributed by atoms with Gasteiger partial charge in [0.2, 0.25) is 11.8 Å². The second-order valence-electron chi connectivity index (χ2n) is 8.90. The topological polar surface area (TPSA) is 75.6 Å². The van der Waals surface area contributed by atoms with Crippen LogP contribution in [0.2, 0.25) is 0 Å². The maximum atomic E-state index is 13.5. The molecule has 4 aliphatic rings. The molecule has 1 aromatic heterocycles. The minimum atomic E-state index is -0.623. The van der Waals surface area contributed by atoms with Crippen molar-refractivity contribution < 1.29 is 14.3 Å². The molecule has 1 saturated carbocycles. The summed E-state index contributed by atoms with van der Waals surface area (Å²) in [5.74, 6) is -0.801. The molecule has 1 aliphatic carbocycles. The third kappa shape index (κ3) is 3.06. The molecule has 4 atom stereocenters. The van der Waals surface area contributed by atoms with Crippen LogP contribution < -0.4 is 0 Å². The largest absolute Gasteiger partial charge is 0.360 e. The molecule has 7 heteroatoms. The van der Waals surface area contributed by atoms with E-state index in [0.717, 1.165) is 18.5 Å². The highest BCUT2D eigenvalue weighted by molar-refractivity contribution is 5.93. The standard InChI is InChI=1S/C22H28N4O3/c1-25(13-15-12-23-10-11-24-15)20(27)18-17-8-9-22(29-17)14-26(21(28)19(18)22)16-6-4-2-3-5-7-16/h8-12,16-19H,2-7,13-14H2,1H3/t17-,18+,19-,22-/m0/s1. The smallest absolute Gasteiger partial charge is 0.230 e. The highest BCUT2D eigenvalue weighted by Crippen LogP contribution is 2.53. The number of amides is 2. The van der Waals surface area contributed by atoms with Crippen molar-refractivity contribution in [2.24, 2.45) is 11.8 Å². The molecular weight excluding hydrogens is 368 g/mol. The van der Waals surface area contributed by atoms with Crippen molar-refractivity contribution in [3.63, 3.8) is 0 Å². The predicted molar refractivity (Wildman–Crippen MR) is 105 cm³/mol. The van der Waals surface area contributed by atoms with Crippen LogP contribution in [-0.4, -0.2) is 62.9 Å². The van der Waals surface area contributed by atoms with Crippen molar-refractivity contribution in [2.45, 2.75) is 62.8 Å². The summed E-state index contributed by atoms with van der Waals surface area (Å²) in [7, 11) is 1.77. The van der Waals surface area contributed by atoms with Crippen molar-refractivity contribution in [1.82, 2.24) is 19.8 Å². The molecular formula is C22H28N4O3. The summed E-state index contributed by atoms with van der Waals surface area (Å²) in [6.07, 6.45) is 15.6. The van der Waals surface area contributed by atoms with Gasteiger partial charge in [0.05, 0.1) is 42.9 Å². The van der Waals surface area contributed by atoms with Crippen LogP contribution in [0, 0.1) is 11.8 Å². The number of fused-ring (bicyclic) bond motifs is 1. The van der Waals surface area contributed by atoms with Crippen LogP contribution >= 0.6 is 0 Å². The van der Waals surface area contributed by atoms with Crippen molar-refractivity contribution in [3.8, 4) is 0 Å². The molecule has 3 fully saturated rings. The second kappa shape index (κ2) is 7.20. The molecule has 1 spiro atoms. The van der Waals surface area contributed by atoms with E-state index in [1.54, 1.807) is 30.5 Å². The Morgan fingerprint density at radius 2 is 2.07 bits per heavy atom. The lowest BCUT2D eigenvalue weighted by Crippen LogP contribution is -2.45. The normalized spacial score (nSPS) is 33.8. The van der Waals surface area contributed by atoms with E-state index in [0.29, 0.717) is 13.1 Å². The van der Waals surface area contributed by atoms with Gasteiger partial charge in [0.15, 0.2) is 0 Å². The molecule has 29 heavy (non-hydrogen) atoms. The number of likely N-dealkylation sites (tertiary alicyclic amines) is 1. The number of nitrogens with zero attached hydrogens (tertiary/aromatic N) is 4. The van der Waals surface area contributed by atoms with Gasteiger partial charge in [-0.05, 0) is 12.8 Å². The molecule has 5 rings (SSSR count). The Bertz CT molecular complexity index is 821. The molecule has 2 amide bonds. The van der Waals surface area contributed by atoms with Gasteiger partial charge >= 0.3 is 0 Å². The molecule has 0 unspecified atom stereocenters. The van der Waals surface area contributed by atoms with Crippen LogP contribution in [0.1, 0.15) is 44.2 Å². The number of ether oxygens (including phenoxy) is 1. The monoisotopic (exact) mass is 396 g/mol. The highest BCUT2D eigenvalue weighted by atomic mass is 16.5. The summed E-state index contributed by atoms with van der Waals surface area (Å²) in [6, 6.07) is 0.286. The van der Waals surface area contributed by atoms with Crippen molar-refractivity contribution >= 4 is 11.8 Å². The maximum absolute atomic E-state index is 13.5. The third-order valence-electron chi connectivity index (χ3n) is 7.07. The Kier molecular flexibility index (Phi) is 4.65. The lowest BCUT2D eigenvalue weighted by molar-refractivity contribution is -0.143. The zero-order chi connectivity index (χ0) is 20.0. The summed E-state index contributed by atoms with van der Waals surface area (Å²) < 4.78 is 6.29. The van der Waals surface area contributed by atoms with E-state index in [4.69, 9.17) is 4.74 Å². The molecule has 7 nitrogen and oxygen atoms in total. The number of carbonyl (C=O) groups is 2. The number of hydrogen-bond donors (Lipinski definition) is 0. The number of rotatable bonds is 4.